The zero-order valence-electron chi connectivity index (χ0n) is 54.2. The summed E-state index contributed by atoms with van der Waals surface area (Å²) in [7, 11) is 0. The van der Waals surface area contributed by atoms with Gasteiger partial charge in [-0.15, -0.1) is 0 Å². The number of carbonyl (C=O) groups is 2. The lowest BCUT2D eigenvalue weighted by molar-refractivity contribution is -0.384. The van der Waals surface area contributed by atoms with Crippen molar-refractivity contribution in [3.05, 3.63) is 141 Å². The molecule has 0 aliphatic heterocycles. The van der Waals surface area contributed by atoms with Crippen molar-refractivity contribution in [1.82, 2.24) is 55.5 Å². The first-order chi connectivity index (χ1) is 45.6. The van der Waals surface area contributed by atoms with Crippen molar-refractivity contribution in [1.29, 1.82) is 0 Å². The highest BCUT2D eigenvalue weighted by atomic mass is 35.5. The highest BCUT2D eigenvalue weighted by Gasteiger charge is 2.29. The van der Waals surface area contributed by atoms with Crippen molar-refractivity contribution >= 4 is 105 Å². The topological polar surface area (TPSA) is 434 Å². The normalized spacial score (nSPS) is 18.3. The van der Waals surface area contributed by atoms with Crippen LogP contribution in [0.2, 0.25) is 20.4 Å². The molecule has 3 aliphatic carbocycles. The Balaban J connectivity index is 0.000000215. The molecule has 0 atom stereocenters. The van der Waals surface area contributed by atoms with Crippen LogP contribution in [0.4, 0.5) is 56.0 Å². The summed E-state index contributed by atoms with van der Waals surface area (Å²) in [5, 5.41) is 56.6. The van der Waals surface area contributed by atoms with Crippen molar-refractivity contribution in [3.8, 4) is 0 Å². The standard InChI is InChI=1S/C22H30ClN7O4.C17H22ClN7O2.C16H24ClN5O4.C6H7ClN2/c1-22(2,3)34-21(31)28-16-6-4-14(5-7-16)10-25-19-18(30(32)33)13-27-20(29-19)26-12-15-11-24-9-8-17(15)23;18-14-5-6-20-8-12(14)9-22-17-23-10-15(25(26)27)16(24-17)21-7-11-1-3-13(19)4-2-11;1-16(2,3)26-15(23)20-11-6-4-10(5-7-11)8-18-13-12(22(24)25)9-19-14(17)21-13;7-6-1-2-9-4-5(6)3-8/h8-9,11,13-14,16H,4-7,10,12H2,1-3H3,(H,28,31)(H2,25,26,27,29);5-6,8,10-11,13H,1-4,7,9,19H2,(H2,21,22,23,24);9-11H,4-8H2,1-3H3,(H,20,23)(H,18,19,21);1-2,4H,3,8H2. The van der Waals surface area contributed by atoms with Crippen molar-refractivity contribution in [2.24, 2.45) is 29.2 Å². The first-order valence-corrected chi connectivity index (χ1v) is 32.7. The lowest BCUT2D eigenvalue weighted by Crippen LogP contribution is -2.41. The maximum absolute atomic E-state index is 12.0. The van der Waals surface area contributed by atoms with Crippen LogP contribution in [0.3, 0.4) is 0 Å². The summed E-state index contributed by atoms with van der Waals surface area (Å²) in [6, 6.07) is 5.52. The van der Waals surface area contributed by atoms with E-state index in [0.717, 1.165) is 99.9 Å². The molecule has 96 heavy (non-hydrogen) atoms. The predicted molar refractivity (Wildman–Crippen MR) is 367 cm³/mol. The number of carbonyl (C=O) groups excluding carboxylic acids is 2. The van der Waals surface area contributed by atoms with E-state index >= 15 is 0 Å². The molecule has 31 nitrogen and oxygen atoms in total. The second-order valence-electron chi connectivity index (χ2n) is 25.0. The van der Waals surface area contributed by atoms with E-state index in [1.165, 1.54) is 12.4 Å². The molecule has 3 aliphatic rings. The molecule has 0 aromatic carbocycles. The quantitative estimate of drug-likeness (QED) is 0.0184. The molecular weight excluding hydrogens is 1330 g/mol. The lowest BCUT2D eigenvalue weighted by atomic mass is 9.86. The third-order valence-corrected chi connectivity index (χ3v) is 16.5. The zero-order chi connectivity index (χ0) is 70.0. The molecule has 6 heterocycles. The van der Waals surface area contributed by atoms with Gasteiger partial charge in [0.25, 0.3) is 0 Å². The Morgan fingerprint density at radius 3 is 1.16 bits per heavy atom. The number of rotatable bonds is 21. The number of nitro groups is 3. The van der Waals surface area contributed by atoms with E-state index in [1.807, 2.05) is 41.5 Å². The number of nitrogens with one attached hydrogen (secondary N) is 7. The SMILES string of the molecule is CC(C)(C)OC(=O)NC1CCC(CNc2nc(Cl)ncc2[N+](=O)[O-])CC1.CC(C)(C)OC(=O)NC1CCC(CNc2nc(NCc3cnccc3Cl)ncc2[N+](=O)[O-])CC1.NC1CCC(CNc2nc(NCc3cnccc3Cl)ncc2[N+](=O)[O-])CC1.NCc1cnccc1Cl. The molecule has 3 saturated carbocycles. The lowest BCUT2D eigenvalue weighted by Gasteiger charge is -2.30. The summed E-state index contributed by atoms with van der Waals surface area (Å²) in [5.74, 6) is 2.11. The highest BCUT2D eigenvalue weighted by Crippen LogP contribution is 2.31. The first-order valence-electron chi connectivity index (χ1n) is 31.2. The maximum atomic E-state index is 12.0. The number of nitrogens with two attached hydrogens (primary N) is 2. The summed E-state index contributed by atoms with van der Waals surface area (Å²) in [6.07, 6.45) is 23.3. The summed E-state index contributed by atoms with van der Waals surface area (Å²) < 4.78 is 10.6. The molecule has 9 rings (SSSR count). The van der Waals surface area contributed by atoms with Crippen LogP contribution in [0.15, 0.2) is 74.0 Å². The Bertz CT molecular complexity index is 3520. The fourth-order valence-electron chi connectivity index (χ4n) is 10.1. The molecule has 2 amide bonds. The van der Waals surface area contributed by atoms with Gasteiger partial charge < -0.3 is 58.2 Å². The molecule has 6 aromatic rings. The summed E-state index contributed by atoms with van der Waals surface area (Å²) >= 11 is 23.7. The number of pyridine rings is 3. The van der Waals surface area contributed by atoms with Crippen molar-refractivity contribution < 1.29 is 33.8 Å². The average Bonchev–Trinajstić information content (AvgIpc) is 1.08. The van der Waals surface area contributed by atoms with Gasteiger partial charge in [0, 0.05) is 126 Å². The van der Waals surface area contributed by atoms with Crippen LogP contribution in [0, 0.1) is 48.1 Å². The van der Waals surface area contributed by atoms with Gasteiger partial charge in [0.15, 0.2) is 0 Å². The Kier molecular flexibility index (Phi) is 30.1. The molecule has 0 bridgehead atoms. The maximum Gasteiger partial charge on any atom is 0.407 e. The Hall–Kier alpha value is -8.49. The molecule has 3 fully saturated rings. The number of ether oxygens (including phenoxy) is 2. The third-order valence-electron chi connectivity index (χ3n) is 15.2. The monoisotopic (exact) mass is 1410 g/mol. The van der Waals surface area contributed by atoms with Crippen LogP contribution in [0.25, 0.3) is 0 Å². The number of anilines is 5. The van der Waals surface area contributed by atoms with Crippen molar-refractivity contribution in [2.45, 2.75) is 168 Å². The minimum Gasteiger partial charge on any atom is -0.444 e. The van der Waals surface area contributed by atoms with Crippen LogP contribution < -0.4 is 48.7 Å². The number of amides is 2. The summed E-state index contributed by atoms with van der Waals surface area (Å²) in [4.78, 5) is 92.1. The smallest absolute Gasteiger partial charge is 0.407 e. The minimum absolute atomic E-state index is 0.0385. The van der Waals surface area contributed by atoms with E-state index in [-0.39, 0.29) is 69.8 Å². The van der Waals surface area contributed by atoms with Gasteiger partial charge in [-0.3, -0.25) is 45.3 Å². The largest absolute Gasteiger partial charge is 0.444 e. The molecule has 6 aromatic heterocycles. The summed E-state index contributed by atoms with van der Waals surface area (Å²) in [6.45, 7) is 13.8. The van der Waals surface area contributed by atoms with Crippen LogP contribution >= 0.6 is 46.4 Å². The Morgan fingerprint density at radius 1 is 0.500 bits per heavy atom. The van der Waals surface area contributed by atoms with E-state index in [1.54, 1.807) is 55.4 Å². The van der Waals surface area contributed by atoms with E-state index in [9.17, 15) is 39.9 Å². The van der Waals surface area contributed by atoms with Gasteiger partial charge in [0.2, 0.25) is 34.6 Å². The highest BCUT2D eigenvalue weighted by molar-refractivity contribution is 6.32. The van der Waals surface area contributed by atoms with Gasteiger partial charge >= 0.3 is 29.2 Å². The molecule has 520 valence electrons. The van der Waals surface area contributed by atoms with Crippen LogP contribution in [-0.4, -0.2) is 121 Å². The number of halogens is 4. The van der Waals surface area contributed by atoms with Gasteiger partial charge in [-0.1, -0.05) is 34.8 Å². The first kappa shape index (κ1) is 76.5. The van der Waals surface area contributed by atoms with E-state index < -0.39 is 38.2 Å². The van der Waals surface area contributed by atoms with Crippen LogP contribution in [0.1, 0.15) is 135 Å². The molecule has 35 heteroatoms. The predicted octanol–water partition coefficient (Wildman–Crippen LogP) is 12.2. The zero-order valence-corrected chi connectivity index (χ0v) is 57.3. The molecule has 0 spiro atoms. The average molecular weight is 1410 g/mol. The summed E-state index contributed by atoms with van der Waals surface area (Å²) in [5.41, 5.74) is 12.1. The van der Waals surface area contributed by atoms with Crippen LogP contribution in [0.5, 0.6) is 0 Å². The number of hydrogen-bond acceptors (Lipinski definition) is 26. The number of hydrogen-bond donors (Lipinski definition) is 9. The van der Waals surface area contributed by atoms with E-state index in [2.05, 4.69) is 82.1 Å². The molecule has 0 unspecified atom stereocenters. The van der Waals surface area contributed by atoms with Gasteiger partial charge in [-0.25, -0.2) is 24.5 Å². The van der Waals surface area contributed by atoms with Crippen LogP contribution in [-0.2, 0) is 29.1 Å². The minimum atomic E-state index is -0.541. The fraction of sp³-hybridized carbons (Fsp3) is 0.525. The molecule has 0 saturated heterocycles. The number of nitrogens with zero attached hydrogens (tertiary/aromatic N) is 12. The van der Waals surface area contributed by atoms with Gasteiger partial charge in [-0.05, 0) is 166 Å². The van der Waals surface area contributed by atoms with Gasteiger partial charge in [0.1, 0.15) is 29.8 Å². The number of alkyl carbamates (subject to hydrolysis) is 2. The van der Waals surface area contributed by atoms with Gasteiger partial charge in [0.05, 0.1) is 14.8 Å². The molecule has 11 N–H and O–H groups in total. The van der Waals surface area contributed by atoms with E-state index in [4.69, 9.17) is 67.3 Å². The third kappa shape index (κ3) is 27.0. The Labute approximate surface area is 575 Å². The van der Waals surface area contributed by atoms with Crippen molar-refractivity contribution in [2.75, 3.05) is 46.2 Å². The Morgan fingerprint density at radius 2 is 0.833 bits per heavy atom. The second-order valence-corrected chi connectivity index (χ2v) is 26.5. The molecular formula is C61H83Cl4N21O10. The van der Waals surface area contributed by atoms with Crippen molar-refractivity contribution in [3.63, 3.8) is 0 Å². The van der Waals surface area contributed by atoms with E-state index in [0.29, 0.717) is 72.1 Å². The van der Waals surface area contributed by atoms with Gasteiger partial charge in [-0.2, -0.15) is 15.0 Å². The fourth-order valence-corrected chi connectivity index (χ4v) is 10.8. The number of aromatic nitrogens is 9. The molecule has 0 radical (unpaired) electrons. The second kappa shape index (κ2) is 37.7.